The van der Waals surface area contributed by atoms with Gasteiger partial charge in [0.1, 0.15) is 5.75 Å². The molecule has 0 aromatic heterocycles. The highest BCUT2D eigenvalue weighted by molar-refractivity contribution is 5.94. The fourth-order valence-corrected chi connectivity index (χ4v) is 2.81. The van der Waals surface area contributed by atoms with Crippen LogP contribution in [0.5, 0.6) is 5.75 Å². The number of benzene rings is 2. The molecule has 0 aliphatic rings. The zero-order valence-electron chi connectivity index (χ0n) is 17.5. The van der Waals surface area contributed by atoms with Crippen LogP contribution in [0.2, 0.25) is 0 Å². The summed E-state index contributed by atoms with van der Waals surface area (Å²) in [6.07, 6.45) is -3.82. The average Bonchev–Trinajstić information content (AvgIpc) is 2.73. The summed E-state index contributed by atoms with van der Waals surface area (Å²) in [5, 5.41) is 18.3. The Hall–Kier alpha value is -3.23. The van der Waals surface area contributed by atoms with Crippen molar-refractivity contribution < 1.29 is 23.1 Å². The Balaban J connectivity index is 1.88. The number of rotatable bonds is 8. The van der Waals surface area contributed by atoms with E-state index in [9.17, 15) is 23.1 Å². The monoisotopic (exact) mass is 436 g/mol. The van der Waals surface area contributed by atoms with Crippen LogP contribution in [0.15, 0.2) is 53.5 Å². The molecule has 31 heavy (non-hydrogen) atoms. The maximum Gasteiger partial charge on any atom is 0.416 e. The molecule has 1 unspecified atom stereocenters. The molecule has 168 valence electrons. The third-order valence-electron chi connectivity index (χ3n) is 4.41. The van der Waals surface area contributed by atoms with Crippen molar-refractivity contribution in [3.8, 4) is 5.75 Å². The molecule has 1 atom stereocenters. The number of aromatic hydroxyl groups is 1. The molecule has 6 nitrogen and oxygen atoms in total. The Morgan fingerprint density at radius 2 is 1.87 bits per heavy atom. The second-order valence-electron chi connectivity index (χ2n) is 6.91. The van der Waals surface area contributed by atoms with Gasteiger partial charge < -0.3 is 21.1 Å². The molecule has 2 rings (SSSR count). The van der Waals surface area contributed by atoms with E-state index in [0.29, 0.717) is 43.1 Å². The van der Waals surface area contributed by atoms with Crippen LogP contribution >= 0.6 is 0 Å². The first-order chi connectivity index (χ1) is 14.7. The molecule has 0 aliphatic heterocycles. The first kappa shape index (κ1) is 24.0. The van der Waals surface area contributed by atoms with Crippen molar-refractivity contribution in [2.75, 3.05) is 19.6 Å². The van der Waals surface area contributed by atoms with Crippen molar-refractivity contribution in [2.24, 2.45) is 4.99 Å². The van der Waals surface area contributed by atoms with E-state index < -0.39 is 11.7 Å². The predicted molar refractivity (Wildman–Crippen MR) is 114 cm³/mol. The first-order valence-electron chi connectivity index (χ1n) is 10.00. The fourth-order valence-electron chi connectivity index (χ4n) is 2.81. The molecule has 2 aromatic rings. The van der Waals surface area contributed by atoms with Gasteiger partial charge in [-0.05, 0) is 56.2 Å². The Morgan fingerprint density at radius 1 is 1.13 bits per heavy atom. The number of aliphatic imine (C=N–C) groups is 1. The van der Waals surface area contributed by atoms with Gasteiger partial charge in [-0.1, -0.05) is 18.2 Å². The second kappa shape index (κ2) is 11.2. The van der Waals surface area contributed by atoms with E-state index in [0.717, 1.165) is 12.1 Å². The first-order valence-corrected chi connectivity index (χ1v) is 10.00. The number of hydrogen-bond acceptors (Lipinski definition) is 3. The number of nitrogens with one attached hydrogen (secondary N) is 3. The summed E-state index contributed by atoms with van der Waals surface area (Å²) in [5.74, 6) is 0.211. The Bertz CT molecular complexity index is 900. The van der Waals surface area contributed by atoms with Crippen LogP contribution in [0.25, 0.3) is 0 Å². The lowest BCUT2D eigenvalue weighted by Gasteiger charge is -2.19. The molecule has 2 aromatic carbocycles. The fraction of sp³-hybridized carbons (Fsp3) is 0.364. The number of amides is 1. The molecular formula is C22H27F3N4O2. The molecule has 0 heterocycles. The van der Waals surface area contributed by atoms with Gasteiger partial charge in [0, 0.05) is 25.2 Å². The van der Waals surface area contributed by atoms with Crippen LogP contribution in [-0.4, -0.2) is 36.6 Å². The molecule has 0 fully saturated rings. The predicted octanol–water partition coefficient (Wildman–Crippen LogP) is 3.85. The van der Waals surface area contributed by atoms with Gasteiger partial charge in [0.2, 0.25) is 0 Å². The number of alkyl halides is 3. The maximum absolute atomic E-state index is 12.9. The summed E-state index contributed by atoms with van der Waals surface area (Å²) in [7, 11) is 0. The van der Waals surface area contributed by atoms with Crippen LogP contribution in [0.4, 0.5) is 13.2 Å². The summed E-state index contributed by atoms with van der Waals surface area (Å²) in [5.41, 5.74) is 0.176. The van der Waals surface area contributed by atoms with Crippen LogP contribution in [-0.2, 0) is 6.18 Å². The van der Waals surface area contributed by atoms with E-state index in [-0.39, 0.29) is 17.7 Å². The van der Waals surface area contributed by atoms with Crippen LogP contribution < -0.4 is 16.0 Å². The normalized spacial score (nSPS) is 12.9. The summed E-state index contributed by atoms with van der Waals surface area (Å²) >= 11 is 0. The van der Waals surface area contributed by atoms with Crippen molar-refractivity contribution in [3.05, 3.63) is 65.2 Å². The maximum atomic E-state index is 12.9. The SMILES string of the molecule is CCNC(=NCCCNC(=O)c1cccc(O)c1)NC(C)c1cccc(C(F)(F)F)c1. The van der Waals surface area contributed by atoms with Gasteiger partial charge in [0.15, 0.2) is 5.96 Å². The number of hydrogen-bond donors (Lipinski definition) is 4. The van der Waals surface area contributed by atoms with E-state index in [1.165, 1.54) is 18.2 Å². The Morgan fingerprint density at radius 3 is 2.55 bits per heavy atom. The molecular weight excluding hydrogens is 409 g/mol. The zero-order chi connectivity index (χ0) is 22.9. The molecule has 0 saturated heterocycles. The van der Waals surface area contributed by atoms with Gasteiger partial charge in [-0.15, -0.1) is 0 Å². The minimum absolute atomic E-state index is 0.0218. The smallest absolute Gasteiger partial charge is 0.416 e. The Labute approximate surface area is 179 Å². The van der Waals surface area contributed by atoms with Crippen molar-refractivity contribution in [1.29, 1.82) is 0 Å². The van der Waals surface area contributed by atoms with Crippen LogP contribution in [0.1, 0.15) is 47.8 Å². The minimum atomic E-state index is -4.39. The van der Waals surface area contributed by atoms with Gasteiger partial charge in [-0.25, -0.2) is 0 Å². The number of nitrogens with zero attached hydrogens (tertiary/aromatic N) is 1. The molecule has 0 aliphatic carbocycles. The summed E-state index contributed by atoms with van der Waals surface area (Å²) < 4.78 is 38.8. The minimum Gasteiger partial charge on any atom is -0.508 e. The van der Waals surface area contributed by atoms with E-state index in [1.54, 1.807) is 25.1 Å². The lowest BCUT2D eigenvalue weighted by atomic mass is 10.1. The highest BCUT2D eigenvalue weighted by Gasteiger charge is 2.30. The zero-order valence-corrected chi connectivity index (χ0v) is 17.5. The lowest BCUT2D eigenvalue weighted by Crippen LogP contribution is -2.39. The quantitative estimate of drug-likeness (QED) is 0.288. The van der Waals surface area contributed by atoms with Crippen molar-refractivity contribution in [3.63, 3.8) is 0 Å². The molecule has 0 saturated carbocycles. The van der Waals surface area contributed by atoms with Crippen LogP contribution in [0, 0.1) is 0 Å². The number of phenols is 1. The number of halogens is 3. The number of carbonyl (C=O) groups excluding carboxylic acids is 1. The van der Waals surface area contributed by atoms with E-state index in [2.05, 4.69) is 20.9 Å². The van der Waals surface area contributed by atoms with Crippen LogP contribution in [0.3, 0.4) is 0 Å². The largest absolute Gasteiger partial charge is 0.508 e. The number of guanidine groups is 1. The van der Waals surface area contributed by atoms with Gasteiger partial charge in [-0.3, -0.25) is 9.79 Å². The van der Waals surface area contributed by atoms with Crippen molar-refractivity contribution in [1.82, 2.24) is 16.0 Å². The van der Waals surface area contributed by atoms with Gasteiger partial charge in [0.05, 0.1) is 11.6 Å². The van der Waals surface area contributed by atoms with Crippen molar-refractivity contribution >= 4 is 11.9 Å². The lowest BCUT2D eigenvalue weighted by molar-refractivity contribution is -0.137. The third-order valence-corrected chi connectivity index (χ3v) is 4.41. The number of phenolic OH excluding ortho intramolecular Hbond substituents is 1. The second-order valence-corrected chi connectivity index (χ2v) is 6.91. The topological polar surface area (TPSA) is 85.8 Å². The van der Waals surface area contributed by atoms with Gasteiger partial charge in [0.25, 0.3) is 5.91 Å². The molecule has 1 amide bonds. The van der Waals surface area contributed by atoms with E-state index in [4.69, 9.17) is 0 Å². The summed E-state index contributed by atoms with van der Waals surface area (Å²) in [6.45, 7) is 5.04. The van der Waals surface area contributed by atoms with Crippen molar-refractivity contribution in [2.45, 2.75) is 32.5 Å². The summed E-state index contributed by atoms with van der Waals surface area (Å²) in [6, 6.07) is 10.9. The molecule has 0 radical (unpaired) electrons. The number of carbonyl (C=O) groups is 1. The van der Waals surface area contributed by atoms with E-state index >= 15 is 0 Å². The molecule has 4 N–H and O–H groups in total. The van der Waals surface area contributed by atoms with Gasteiger partial charge in [-0.2, -0.15) is 13.2 Å². The molecule has 0 spiro atoms. The summed E-state index contributed by atoms with van der Waals surface area (Å²) in [4.78, 5) is 16.4. The third kappa shape index (κ3) is 7.84. The Kier molecular flexibility index (Phi) is 8.72. The highest BCUT2D eigenvalue weighted by Crippen LogP contribution is 2.30. The van der Waals surface area contributed by atoms with Gasteiger partial charge >= 0.3 is 6.18 Å². The average molecular weight is 436 g/mol. The standard InChI is InChI=1S/C22H27F3N4O2/c1-3-26-21(29-15(2)16-7-4-9-18(13-16)22(23,24)25)28-12-6-11-27-20(31)17-8-5-10-19(30)14-17/h4-5,7-10,13-15,30H,3,6,11-12H2,1-2H3,(H,27,31)(H2,26,28,29). The molecule has 0 bridgehead atoms. The van der Waals surface area contributed by atoms with E-state index in [1.807, 2.05) is 6.92 Å². The molecule has 9 heteroatoms. The highest BCUT2D eigenvalue weighted by atomic mass is 19.4.